The number of rotatable bonds is 7. The van der Waals surface area contributed by atoms with Crippen molar-refractivity contribution in [3.63, 3.8) is 0 Å². The zero-order chi connectivity index (χ0) is 16.0. The second kappa shape index (κ2) is 9.68. The van der Waals surface area contributed by atoms with Crippen LogP contribution in [0.1, 0.15) is 23.6 Å². The van der Waals surface area contributed by atoms with E-state index in [-0.39, 0.29) is 30.5 Å². The van der Waals surface area contributed by atoms with Crippen LogP contribution >= 0.6 is 35.3 Å². The van der Waals surface area contributed by atoms with E-state index in [9.17, 15) is 8.42 Å². The summed E-state index contributed by atoms with van der Waals surface area (Å²) in [5, 5.41) is 0. The zero-order valence-electron chi connectivity index (χ0n) is 13.4. The van der Waals surface area contributed by atoms with Crippen molar-refractivity contribution in [3.8, 4) is 0 Å². The molecule has 1 aromatic heterocycles. The first-order valence-electron chi connectivity index (χ1n) is 6.93. The Morgan fingerprint density at radius 1 is 1.36 bits per heavy atom. The van der Waals surface area contributed by atoms with Gasteiger partial charge < -0.3 is 10.6 Å². The second-order valence-electron chi connectivity index (χ2n) is 4.59. The summed E-state index contributed by atoms with van der Waals surface area (Å²) in [5.41, 5.74) is 5.83. The third-order valence-electron chi connectivity index (χ3n) is 3.05. The molecule has 0 unspecified atom stereocenters. The first-order chi connectivity index (χ1) is 9.81. The SMILES string of the molecule is CCN(CC)C(N)=NCCNS(=O)(=O)c1cc(C)sc1C.I. The lowest BCUT2D eigenvalue weighted by Crippen LogP contribution is -2.37. The van der Waals surface area contributed by atoms with Crippen LogP contribution in [0.15, 0.2) is 16.0 Å². The van der Waals surface area contributed by atoms with Crippen molar-refractivity contribution >= 4 is 51.3 Å². The van der Waals surface area contributed by atoms with Crippen LogP contribution < -0.4 is 10.5 Å². The highest BCUT2D eigenvalue weighted by Gasteiger charge is 2.18. The van der Waals surface area contributed by atoms with Crippen molar-refractivity contribution in [1.29, 1.82) is 0 Å². The molecule has 3 N–H and O–H groups in total. The number of nitrogens with zero attached hydrogens (tertiary/aromatic N) is 2. The van der Waals surface area contributed by atoms with E-state index in [0.717, 1.165) is 22.8 Å². The summed E-state index contributed by atoms with van der Waals surface area (Å²) in [4.78, 5) is 8.24. The first-order valence-corrected chi connectivity index (χ1v) is 9.23. The van der Waals surface area contributed by atoms with Gasteiger partial charge in [0.15, 0.2) is 5.96 Å². The quantitative estimate of drug-likeness (QED) is 0.282. The molecule has 0 aliphatic heterocycles. The third-order valence-corrected chi connectivity index (χ3v) is 5.73. The minimum atomic E-state index is -3.46. The summed E-state index contributed by atoms with van der Waals surface area (Å²) in [6.45, 7) is 9.82. The van der Waals surface area contributed by atoms with E-state index >= 15 is 0 Å². The van der Waals surface area contributed by atoms with E-state index in [1.807, 2.05) is 32.6 Å². The van der Waals surface area contributed by atoms with Crippen molar-refractivity contribution in [2.75, 3.05) is 26.2 Å². The number of nitrogens with one attached hydrogen (secondary N) is 1. The fourth-order valence-corrected chi connectivity index (χ4v) is 4.52. The Morgan fingerprint density at radius 2 is 1.95 bits per heavy atom. The summed E-state index contributed by atoms with van der Waals surface area (Å²) in [7, 11) is -3.46. The largest absolute Gasteiger partial charge is 0.370 e. The van der Waals surface area contributed by atoms with Crippen LogP contribution in [0.5, 0.6) is 0 Å². The molecule has 0 spiro atoms. The third kappa shape index (κ3) is 6.01. The molecule has 1 heterocycles. The van der Waals surface area contributed by atoms with Crippen LogP contribution in [0.4, 0.5) is 0 Å². The molecule has 0 saturated heterocycles. The van der Waals surface area contributed by atoms with Crippen LogP contribution in [-0.2, 0) is 10.0 Å². The molecule has 1 aromatic rings. The maximum atomic E-state index is 12.2. The molecule has 0 fully saturated rings. The number of hydrogen-bond acceptors (Lipinski definition) is 4. The molecule has 9 heteroatoms. The fourth-order valence-electron chi connectivity index (χ4n) is 1.95. The summed E-state index contributed by atoms with van der Waals surface area (Å²) < 4.78 is 26.9. The molecule has 0 saturated carbocycles. The van der Waals surface area contributed by atoms with Gasteiger partial charge >= 0.3 is 0 Å². The van der Waals surface area contributed by atoms with E-state index < -0.39 is 10.0 Å². The number of hydrogen-bond donors (Lipinski definition) is 2. The van der Waals surface area contributed by atoms with Crippen LogP contribution in [0, 0.1) is 13.8 Å². The van der Waals surface area contributed by atoms with Gasteiger partial charge in [-0.05, 0) is 33.8 Å². The summed E-state index contributed by atoms with van der Waals surface area (Å²) in [6, 6.07) is 1.69. The Morgan fingerprint density at radius 3 is 2.41 bits per heavy atom. The number of halogens is 1. The van der Waals surface area contributed by atoms with Crippen molar-refractivity contribution in [3.05, 3.63) is 15.8 Å². The van der Waals surface area contributed by atoms with Gasteiger partial charge in [0.2, 0.25) is 10.0 Å². The Kier molecular flexibility index (Phi) is 9.51. The predicted molar refractivity (Wildman–Crippen MR) is 104 cm³/mol. The van der Waals surface area contributed by atoms with E-state index in [1.165, 1.54) is 11.3 Å². The van der Waals surface area contributed by atoms with Crippen LogP contribution in [0.2, 0.25) is 0 Å². The molecule has 0 aromatic carbocycles. The lowest BCUT2D eigenvalue weighted by atomic mass is 10.4. The average molecular weight is 460 g/mol. The van der Waals surface area contributed by atoms with Gasteiger partial charge in [-0.3, -0.25) is 4.99 Å². The molecule has 22 heavy (non-hydrogen) atoms. The van der Waals surface area contributed by atoms with Gasteiger partial charge in [0, 0.05) is 29.4 Å². The van der Waals surface area contributed by atoms with E-state index in [1.54, 1.807) is 6.07 Å². The maximum absolute atomic E-state index is 12.2. The van der Waals surface area contributed by atoms with Crippen molar-refractivity contribution in [2.45, 2.75) is 32.6 Å². The molecule has 6 nitrogen and oxygen atoms in total. The van der Waals surface area contributed by atoms with Gasteiger partial charge in [-0.25, -0.2) is 13.1 Å². The number of aliphatic imine (C=N–C) groups is 1. The van der Waals surface area contributed by atoms with Crippen molar-refractivity contribution in [1.82, 2.24) is 9.62 Å². The highest BCUT2D eigenvalue weighted by molar-refractivity contribution is 14.0. The Labute approximate surface area is 154 Å². The van der Waals surface area contributed by atoms with Crippen molar-refractivity contribution in [2.24, 2.45) is 10.7 Å². The zero-order valence-corrected chi connectivity index (χ0v) is 17.4. The standard InChI is InChI=1S/C13H24N4O2S2.HI/c1-5-17(6-2)13(14)15-7-8-16-21(18,19)12-9-10(3)20-11(12)4;/h9,16H,5-8H2,1-4H3,(H2,14,15);1H. The van der Waals surface area contributed by atoms with Gasteiger partial charge in [-0.15, -0.1) is 35.3 Å². The molecule has 0 amide bonds. The number of sulfonamides is 1. The first kappa shape index (κ1) is 21.6. The normalized spacial score (nSPS) is 12.1. The number of aryl methyl sites for hydroxylation is 2. The number of nitrogens with two attached hydrogens (primary N) is 1. The van der Waals surface area contributed by atoms with Gasteiger partial charge in [-0.2, -0.15) is 0 Å². The molecule has 0 atom stereocenters. The van der Waals surface area contributed by atoms with E-state index in [2.05, 4.69) is 9.71 Å². The number of guanidine groups is 1. The summed E-state index contributed by atoms with van der Waals surface area (Å²) >= 11 is 1.48. The average Bonchev–Trinajstić information content (AvgIpc) is 2.76. The molecular formula is C13H25IN4O2S2. The topological polar surface area (TPSA) is 87.8 Å². The smallest absolute Gasteiger partial charge is 0.241 e. The number of thiophene rings is 1. The molecule has 0 aliphatic carbocycles. The minimum absolute atomic E-state index is 0. The Hall–Kier alpha value is -0.390. The van der Waals surface area contributed by atoms with Crippen LogP contribution in [0.25, 0.3) is 0 Å². The van der Waals surface area contributed by atoms with E-state index in [4.69, 9.17) is 5.73 Å². The summed E-state index contributed by atoms with van der Waals surface area (Å²) in [6.07, 6.45) is 0. The fraction of sp³-hybridized carbons (Fsp3) is 0.615. The molecule has 0 bridgehead atoms. The monoisotopic (exact) mass is 460 g/mol. The minimum Gasteiger partial charge on any atom is -0.370 e. The Bertz CT molecular complexity index is 595. The molecule has 0 aliphatic rings. The Balaban J connectivity index is 0.00000441. The van der Waals surface area contributed by atoms with Gasteiger partial charge in [0.1, 0.15) is 0 Å². The highest BCUT2D eigenvalue weighted by atomic mass is 127. The summed E-state index contributed by atoms with van der Waals surface area (Å²) in [5.74, 6) is 0.446. The van der Waals surface area contributed by atoms with Gasteiger partial charge in [0.25, 0.3) is 0 Å². The molecule has 0 radical (unpaired) electrons. The molecule has 1 rings (SSSR count). The predicted octanol–water partition coefficient (Wildman–Crippen LogP) is 1.92. The van der Waals surface area contributed by atoms with Gasteiger partial charge in [-0.1, -0.05) is 0 Å². The molecular weight excluding hydrogens is 435 g/mol. The maximum Gasteiger partial charge on any atom is 0.241 e. The van der Waals surface area contributed by atoms with E-state index in [0.29, 0.717) is 17.4 Å². The lowest BCUT2D eigenvalue weighted by molar-refractivity contribution is 0.458. The van der Waals surface area contributed by atoms with Gasteiger partial charge in [0.05, 0.1) is 11.4 Å². The highest BCUT2D eigenvalue weighted by Crippen LogP contribution is 2.24. The lowest BCUT2D eigenvalue weighted by Gasteiger charge is -2.19. The molecule has 128 valence electrons. The van der Waals surface area contributed by atoms with Crippen LogP contribution in [0.3, 0.4) is 0 Å². The second-order valence-corrected chi connectivity index (χ2v) is 7.78. The van der Waals surface area contributed by atoms with Crippen molar-refractivity contribution < 1.29 is 8.42 Å². The van der Waals surface area contributed by atoms with Crippen LogP contribution in [-0.4, -0.2) is 45.5 Å².